The molecule has 0 radical (unpaired) electrons. The van der Waals surface area contributed by atoms with E-state index >= 15 is 0 Å². The number of rotatable bonds is 2. The maximum absolute atomic E-state index is 12.0. The summed E-state index contributed by atoms with van der Waals surface area (Å²) in [5, 5.41) is 1.87. The average molecular weight is 338 g/mol. The second kappa shape index (κ2) is 5.74. The number of benzene rings is 3. The molecule has 3 aromatic carbocycles. The normalized spacial score (nSPS) is 11.2. The van der Waals surface area contributed by atoms with Gasteiger partial charge in [0.15, 0.2) is 0 Å². The lowest BCUT2D eigenvalue weighted by Gasteiger charge is -2.05. The highest BCUT2D eigenvalue weighted by Gasteiger charge is 2.12. The molecule has 3 nitrogen and oxygen atoms in total. The van der Waals surface area contributed by atoms with Gasteiger partial charge in [-0.05, 0) is 23.3 Å². The topological polar surface area (TPSA) is 43.4 Å². The van der Waals surface area contributed by atoms with Gasteiger partial charge in [0.2, 0.25) is 0 Å². The Hall–Kier alpha value is -3.59. The third-order valence-corrected chi connectivity index (χ3v) is 4.52. The first-order valence-electron chi connectivity index (χ1n) is 8.40. The van der Waals surface area contributed by atoms with Gasteiger partial charge in [0, 0.05) is 28.5 Å². The Bertz CT molecular complexity index is 1280. The van der Waals surface area contributed by atoms with E-state index < -0.39 is 0 Å². The van der Waals surface area contributed by atoms with Crippen molar-refractivity contribution >= 4 is 21.9 Å². The van der Waals surface area contributed by atoms with Crippen molar-refractivity contribution in [3.63, 3.8) is 0 Å². The Morgan fingerprint density at radius 1 is 0.615 bits per heavy atom. The largest absolute Gasteiger partial charge is 0.456 e. The number of hydrogen-bond acceptors (Lipinski definition) is 3. The van der Waals surface area contributed by atoms with Gasteiger partial charge in [-0.25, -0.2) is 4.79 Å². The minimum atomic E-state index is -0.370. The van der Waals surface area contributed by atoms with Gasteiger partial charge in [-0.1, -0.05) is 60.7 Å². The predicted molar refractivity (Wildman–Crippen MR) is 103 cm³/mol. The van der Waals surface area contributed by atoms with Gasteiger partial charge in [0.25, 0.3) is 0 Å². The molecule has 0 aliphatic heterocycles. The SMILES string of the molecule is O=c1cc(-c2ccccc2)c2cc3cc(-c4ccccc4)oc3cc2o1. The van der Waals surface area contributed by atoms with Crippen LogP contribution in [0.4, 0.5) is 0 Å². The first-order chi connectivity index (χ1) is 12.8. The van der Waals surface area contributed by atoms with Crippen LogP contribution < -0.4 is 5.63 Å². The molecule has 2 aromatic heterocycles. The van der Waals surface area contributed by atoms with Crippen LogP contribution in [0.2, 0.25) is 0 Å². The Balaban J connectivity index is 1.79. The van der Waals surface area contributed by atoms with Crippen molar-refractivity contribution < 1.29 is 8.83 Å². The summed E-state index contributed by atoms with van der Waals surface area (Å²) >= 11 is 0. The van der Waals surface area contributed by atoms with Crippen molar-refractivity contribution in [1.82, 2.24) is 0 Å². The van der Waals surface area contributed by atoms with Crippen molar-refractivity contribution in [2.75, 3.05) is 0 Å². The smallest absolute Gasteiger partial charge is 0.336 e. The fourth-order valence-corrected chi connectivity index (χ4v) is 3.30. The summed E-state index contributed by atoms with van der Waals surface area (Å²) < 4.78 is 11.4. The maximum atomic E-state index is 12.0. The predicted octanol–water partition coefficient (Wildman–Crippen LogP) is 5.87. The Kier molecular flexibility index (Phi) is 3.25. The van der Waals surface area contributed by atoms with Gasteiger partial charge in [-0.3, -0.25) is 0 Å². The van der Waals surface area contributed by atoms with Crippen molar-refractivity contribution in [3.8, 4) is 22.5 Å². The molecule has 0 N–H and O–H groups in total. The second-order valence-corrected chi connectivity index (χ2v) is 6.21. The summed E-state index contributed by atoms with van der Waals surface area (Å²) in [7, 11) is 0. The maximum Gasteiger partial charge on any atom is 0.336 e. The van der Waals surface area contributed by atoms with Crippen LogP contribution in [0.3, 0.4) is 0 Å². The minimum absolute atomic E-state index is 0.370. The summed E-state index contributed by atoms with van der Waals surface area (Å²) in [6.07, 6.45) is 0. The van der Waals surface area contributed by atoms with Crippen molar-refractivity contribution in [1.29, 1.82) is 0 Å². The summed E-state index contributed by atoms with van der Waals surface area (Å²) in [5.41, 5.74) is 3.71. The standard InChI is InChI=1S/C23H14O3/c24-23-13-18(15-7-3-1-4-8-15)19-11-17-12-20(16-9-5-2-6-10-16)25-21(17)14-22(19)26-23/h1-14H. The molecule has 0 atom stereocenters. The summed E-state index contributed by atoms with van der Waals surface area (Å²) in [5.74, 6) is 0.791. The molecule has 5 aromatic rings. The number of fused-ring (bicyclic) bond motifs is 2. The van der Waals surface area contributed by atoms with Crippen LogP contribution in [0.25, 0.3) is 44.4 Å². The lowest BCUT2D eigenvalue weighted by Crippen LogP contribution is -1.97. The van der Waals surface area contributed by atoms with E-state index in [1.165, 1.54) is 0 Å². The molecule has 124 valence electrons. The molecule has 3 heteroatoms. The first-order valence-corrected chi connectivity index (χ1v) is 8.40. The molecule has 0 aliphatic carbocycles. The molecule has 5 rings (SSSR count). The lowest BCUT2D eigenvalue weighted by molar-refractivity contribution is 0.560. The zero-order chi connectivity index (χ0) is 17.5. The van der Waals surface area contributed by atoms with Gasteiger partial charge in [0.05, 0.1) is 0 Å². The summed E-state index contributed by atoms with van der Waals surface area (Å²) in [4.78, 5) is 12.0. The molecule has 0 fully saturated rings. The molecule has 0 aliphatic rings. The monoisotopic (exact) mass is 338 g/mol. The van der Waals surface area contributed by atoms with E-state index in [0.29, 0.717) is 11.2 Å². The highest BCUT2D eigenvalue weighted by molar-refractivity contribution is 6.01. The minimum Gasteiger partial charge on any atom is -0.456 e. The molecule has 0 unspecified atom stereocenters. The van der Waals surface area contributed by atoms with Crippen molar-refractivity contribution in [3.05, 3.63) is 95.3 Å². The molecule has 0 spiro atoms. The van der Waals surface area contributed by atoms with Crippen molar-refractivity contribution in [2.24, 2.45) is 0 Å². The van der Waals surface area contributed by atoms with E-state index in [2.05, 4.69) is 0 Å². The molecule has 2 heterocycles. The summed E-state index contributed by atoms with van der Waals surface area (Å²) in [6.45, 7) is 0. The van der Waals surface area contributed by atoms with Gasteiger partial charge in [-0.2, -0.15) is 0 Å². The van der Waals surface area contributed by atoms with Gasteiger partial charge in [-0.15, -0.1) is 0 Å². The molecule has 0 amide bonds. The Morgan fingerprint density at radius 3 is 2.04 bits per heavy atom. The highest BCUT2D eigenvalue weighted by atomic mass is 16.4. The quantitative estimate of drug-likeness (QED) is 0.378. The van der Waals surface area contributed by atoms with Gasteiger partial charge in [0.1, 0.15) is 16.9 Å². The lowest BCUT2D eigenvalue weighted by atomic mass is 10.0. The number of hydrogen-bond donors (Lipinski definition) is 0. The zero-order valence-electron chi connectivity index (χ0n) is 13.8. The van der Waals surface area contributed by atoms with Crippen LogP contribution in [-0.2, 0) is 0 Å². The van der Waals surface area contributed by atoms with Crippen LogP contribution in [0.15, 0.2) is 98.6 Å². The zero-order valence-corrected chi connectivity index (χ0v) is 13.8. The number of furan rings is 1. The molecular weight excluding hydrogens is 324 g/mol. The van der Waals surface area contributed by atoms with Gasteiger partial charge < -0.3 is 8.83 Å². The van der Waals surface area contributed by atoms with Crippen LogP contribution >= 0.6 is 0 Å². The van der Waals surface area contributed by atoms with E-state index in [9.17, 15) is 4.79 Å². The first kappa shape index (κ1) is 14.7. The molecular formula is C23H14O3. The fraction of sp³-hybridized carbons (Fsp3) is 0. The fourth-order valence-electron chi connectivity index (χ4n) is 3.30. The van der Waals surface area contributed by atoms with E-state index in [0.717, 1.165) is 33.2 Å². The molecule has 0 saturated carbocycles. The molecule has 0 saturated heterocycles. The summed E-state index contributed by atoms with van der Waals surface area (Å²) in [6, 6.07) is 27.2. The van der Waals surface area contributed by atoms with Crippen LogP contribution in [0.1, 0.15) is 0 Å². The van der Waals surface area contributed by atoms with E-state index in [1.54, 1.807) is 12.1 Å². The third-order valence-electron chi connectivity index (χ3n) is 4.52. The van der Waals surface area contributed by atoms with Gasteiger partial charge >= 0.3 is 5.63 Å². The van der Waals surface area contributed by atoms with E-state index in [-0.39, 0.29) is 5.63 Å². The molecule has 26 heavy (non-hydrogen) atoms. The van der Waals surface area contributed by atoms with Crippen LogP contribution in [-0.4, -0.2) is 0 Å². The second-order valence-electron chi connectivity index (χ2n) is 6.21. The Labute approximate surface area is 149 Å². The van der Waals surface area contributed by atoms with Crippen molar-refractivity contribution in [2.45, 2.75) is 0 Å². The van der Waals surface area contributed by atoms with E-state index in [4.69, 9.17) is 8.83 Å². The van der Waals surface area contributed by atoms with Crippen LogP contribution in [0, 0.1) is 0 Å². The van der Waals surface area contributed by atoms with Crippen LogP contribution in [0.5, 0.6) is 0 Å². The third kappa shape index (κ3) is 2.42. The Morgan fingerprint density at radius 2 is 1.31 bits per heavy atom. The average Bonchev–Trinajstić information content (AvgIpc) is 3.10. The highest BCUT2D eigenvalue weighted by Crippen LogP contribution is 2.34. The molecule has 0 bridgehead atoms. The van der Waals surface area contributed by atoms with E-state index in [1.807, 2.05) is 72.8 Å².